The lowest BCUT2D eigenvalue weighted by Crippen LogP contribution is -2.38. The summed E-state index contributed by atoms with van der Waals surface area (Å²) < 4.78 is 0. The summed E-state index contributed by atoms with van der Waals surface area (Å²) in [5, 5.41) is 0. The maximum absolute atomic E-state index is 2.59. The number of para-hydroxylation sites is 1. The molecule has 0 spiro atoms. The quantitative estimate of drug-likeness (QED) is 0.135. The molecule has 13 rings (SSSR count). The van der Waals surface area contributed by atoms with Gasteiger partial charge in [-0.3, -0.25) is 0 Å². The largest absolute Gasteiger partial charge is 0.310 e. The summed E-state index contributed by atoms with van der Waals surface area (Å²) in [6.07, 6.45) is 27.3. The molecule has 2 heterocycles. The van der Waals surface area contributed by atoms with Gasteiger partial charge in [0.15, 0.2) is 0 Å². The van der Waals surface area contributed by atoms with Crippen LogP contribution in [0.5, 0.6) is 0 Å². The van der Waals surface area contributed by atoms with Gasteiger partial charge in [-0.15, -0.1) is 0 Å². The topological polar surface area (TPSA) is 9.72 Å². The first-order chi connectivity index (χ1) is 36.7. The first kappa shape index (κ1) is 46.4. The average molecular weight is 970 g/mol. The molecule has 0 saturated carbocycles. The molecule has 5 aliphatic rings. The number of hydrogen-bond donors (Lipinski definition) is 0. The molecule has 3 heteroatoms. The normalized spacial score (nSPS) is 16.5. The second kappa shape index (κ2) is 18.8. The maximum atomic E-state index is 2.59. The fraction of sp³-hybridized carbons (Fsp3) is 0.167. The summed E-state index contributed by atoms with van der Waals surface area (Å²) >= 11 is 0. The second-order valence-electron chi connectivity index (χ2n) is 21.8. The van der Waals surface area contributed by atoms with Gasteiger partial charge in [0.25, 0.3) is 0 Å². The Bertz CT molecular complexity index is 3600. The summed E-state index contributed by atoms with van der Waals surface area (Å²) in [6.45, 7) is 9.74. The van der Waals surface area contributed by atoms with E-state index in [1.54, 1.807) is 0 Å². The zero-order valence-electron chi connectivity index (χ0n) is 43.6. The van der Waals surface area contributed by atoms with Gasteiger partial charge in [-0.25, -0.2) is 0 Å². The minimum atomic E-state index is -0.407. The molecule has 0 fully saturated rings. The molecule has 8 aromatic rings. The fourth-order valence-electron chi connectivity index (χ4n) is 12.4. The zero-order chi connectivity index (χ0) is 50.7. The number of hydrogen-bond acceptors (Lipinski definition) is 3. The lowest BCUT2D eigenvalue weighted by molar-refractivity contribution is 0.597. The molecule has 0 bridgehead atoms. The molecule has 0 N–H and O–H groups in total. The molecule has 366 valence electrons. The van der Waals surface area contributed by atoms with Crippen molar-refractivity contribution < 1.29 is 0 Å². The van der Waals surface area contributed by atoms with E-state index < -0.39 is 5.41 Å². The molecule has 3 nitrogen and oxygen atoms in total. The third-order valence-electron chi connectivity index (χ3n) is 16.5. The molecular weight excluding hydrogens is 907 g/mol. The van der Waals surface area contributed by atoms with E-state index in [0.29, 0.717) is 0 Å². The summed E-state index contributed by atoms with van der Waals surface area (Å²) in [6, 6.07) is 68.8. The summed E-state index contributed by atoms with van der Waals surface area (Å²) in [4.78, 5) is 7.52. The van der Waals surface area contributed by atoms with Crippen molar-refractivity contribution in [3.8, 4) is 11.1 Å². The van der Waals surface area contributed by atoms with Gasteiger partial charge in [0.2, 0.25) is 0 Å². The predicted molar refractivity (Wildman–Crippen MR) is 319 cm³/mol. The number of nitrogens with zero attached hydrogens (tertiary/aromatic N) is 3. The van der Waals surface area contributed by atoms with Gasteiger partial charge < -0.3 is 14.7 Å². The van der Waals surface area contributed by atoms with Gasteiger partial charge >= 0.3 is 0 Å². The number of anilines is 9. The van der Waals surface area contributed by atoms with Gasteiger partial charge in [0, 0.05) is 45.0 Å². The van der Waals surface area contributed by atoms with Crippen LogP contribution in [-0.2, 0) is 10.8 Å². The van der Waals surface area contributed by atoms with Crippen molar-refractivity contribution in [1.82, 2.24) is 0 Å². The first-order valence-electron chi connectivity index (χ1n) is 27.1. The van der Waals surface area contributed by atoms with Crippen molar-refractivity contribution in [3.05, 3.63) is 276 Å². The maximum Gasteiger partial charge on any atom is 0.0545 e. The van der Waals surface area contributed by atoms with E-state index in [-0.39, 0.29) is 5.41 Å². The van der Waals surface area contributed by atoms with E-state index >= 15 is 0 Å². The van der Waals surface area contributed by atoms with Crippen molar-refractivity contribution >= 4 is 67.9 Å². The molecule has 8 aromatic carbocycles. The highest BCUT2D eigenvalue weighted by molar-refractivity contribution is 5.96. The SMILES string of the molecule is CC1(C)c2ccccc2N2c3ccc(N(c4ccc(C5=CCCC=C5)cc4)c4ccc(C5=CCCC=C5)cc4)cc3C(C)(C)c3cc(N(c4ccc(C5=CCCC=C5)cc4)c4ccc(-c5ccccc5)cc4)cc1c32. The Kier molecular flexibility index (Phi) is 11.6. The Hall–Kier alpha value is -8.40. The highest BCUT2D eigenvalue weighted by Gasteiger charge is 2.46. The molecule has 0 aromatic heterocycles. The molecule has 0 unspecified atom stereocenters. The van der Waals surface area contributed by atoms with E-state index in [0.717, 1.165) is 72.6 Å². The Morgan fingerprint density at radius 2 is 0.693 bits per heavy atom. The minimum absolute atomic E-state index is 0.296. The lowest BCUT2D eigenvalue weighted by atomic mass is 9.66. The lowest BCUT2D eigenvalue weighted by Gasteiger charge is -2.50. The molecule has 0 atom stereocenters. The average Bonchev–Trinajstić information content (AvgIpc) is 3.47. The van der Waals surface area contributed by atoms with Crippen LogP contribution in [0.15, 0.2) is 237 Å². The standard InChI is InChI=1S/C72H63N3/c1-71(2)64-27-17-18-28-68(64)75-69-46-45-62(73(58-37-29-54(30-38-58)50-19-9-5-10-20-50)59-39-31-55(32-40-59)51-21-11-6-12-22-51)47-65(69)72(3,4)67-49-63(48-66(71)70(67)75)74(60-41-33-56(34-42-60)52-23-13-7-14-24-52)61-43-35-57(36-44-61)53-25-15-8-16-26-53/h7,9,11,13-15,17-49H,5-6,8,10,12,16H2,1-4H3. The Morgan fingerprint density at radius 1 is 0.320 bits per heavy atom. The highest BCUT2D eigenvalue weighted by atomic mass is 15.2. The van der Waals surface area contributed by atoms with Crippen LogP contribution in [0.1, 0.15) is 105 Å². The molecule has 0 amide bonds. The highest BCUT2D eigenvalue weighted by Crippen LogP contribution is 2.62. The van der Waals surface area contributed by atoms with Crippen molar-refractivity contribution in [1.29, 1.82) is 0 Å². The zero-order valence-corrected chi connectivity index (χ0v) is 43.6. The van der Waals surface area contributed by atoms with E-state index in [2.05, 4.69) is 279 Å². The molecule has 3 aliphatic carbocycles. The van der Waals surface area contributed by atoms with Crippen LogP contribution in [0.4, 0.5) is 51.2 Å². The smallest absolute Gasteiger partial charge is 0.0545 e. The van der Waals surface area contributed by atoms with Gasteiger partial charge in [-0.2, -0.15) is 0 Å². The van der Waals surface area contributed by atoms with E-state index in [1.165, 1.54) is 83.9 Å². The van der Waals surface area contributed by atoms with Crippen LogP contribution >= 0.6 is 0 Å². The van der Waals surface area contributed by atoms with Crippen molar-refractivity contribution in [2.45, 2.75) is 77.0 Å². The number of allylic oxidation sites excluding steroid dienone is 12. The monoisotopic (exact) mass is 970 g/mol. The number of rotatable bonds is 10. The molecule has 0 saturated heterocycles. The van der Waals surface area contributed by atoms with Gasteiger partial charge in [-0.05, 0) is 190 Å². The van der Waals surface area contributed by atoms with E-state index in [1.807, 2.05) is 0 Å². The second-order valence-corrected chi connectivity index (χ2v) is 21.8. The Balaban J connectivity index is 0.984. The van der Waals surface area contributed by atoms with E-state index in [9.17, 15) is 0 Å². The fourth-order valence-corrected chi connectivity index (χ4v) is 12.4. The van der Waals surface area contributed by atoms with Crippen LogP contribution in [0.3, 0.4) is 0 Å². The minimum Gasteiger partial charge on any atom is -0.310 e. The molecular formula is C72H63N3. The number of fused-ring (bicyclic) bond motifs is 4. The van der Waals surface area contributed by atoms with Crippen LogP contribution in [0, 0.1) is 0 Å². The van der Waals surface area contributed by atoms with Gasteiger partial charge in [0.1, 0.15) is 0 Å². The predicted octanol–water partition coefficient (Wildman–Crippen LogP) is 20.2. The molecule has 2 aliphatic heterocycles. The summed E-state index contributed by atoms with van der Waals surface area (Å²) in [5.41, 5.74) is 25.1. The van der Waals surface area contributed by atoms with Crippen LogP contribution < -0.4 is 14.7 Å². The third-order valence-corrected chi connectivity index (χ3v) is 16.5. The van der Waals surface area contributed by atoms with Gasteiger partial charge in [0.05, 0.1) is 17.1 Å². The van der Waals surface area contributed by atoms with Crippen molar-refractivity contribution in [2.24, 2.45) is 0 Å². The number of benzene rings is 8. The third kappa shape index (κ3) is 8.23. The summed E-state index contributed by atoms with van der Waals surface area (Å²) in [7, 11) is 0. The van der Waals surface area contributed by atoms with Crippen LogP contribution in [-0.4, -0.2) is 0 Å². The van der Waals surface area contributed by atoms with Crippen molar-refractivity contribution in [3.63, 3.8) is 0 Å². The van der Waals surface area contributed by atoms with E-state index in [4.69, 9.17) is 0 Å². The Morgan fingerprint density at radius 3 is 1.16 bits per heavy atom. The van der Waals surface area contributed by atoms with Crippen molar-refractivity contribution in [2.75, 3.05) is 14.7 Å². The van der Waals surface area contributed by atoms with Gasteiger partial charge in [-0.1, -0.05) is 179 Å². The Labute approximate surface area is 444 Å². The molecule has 75 heavy (non-hydrogen) atoms. The first-order valence-corrected chi connectivity index (χ1v) is 27.1. The molecule has 0 radical (unpaired) electrons. The van der Waals surface area contributed by atoms with Crippen LogP contribution in [0.2, 0.25) is 0 Å². The summed E-state index contributed by atoms with van der Waals surface area (Å²) in [5.74, 6) is 0. The van der Waals surface area contributed by atoms with Crippen LogP contribution in [0.25, 0.3) is 27.8 Å².